The molecule has 0 saturated heterocycles. The molecule has 3 nitrogen and oxygen atoms in total. The molecule has 0 aliphatic heterocycles. The topological polar surface area (TPSA) is 26.7 Å². The first-order valence-corrected chi connectivity index (χ1v) is 7.12. The number of thiol groups is 2. The van der Waals surface area contributed by atoms with Crippen molar-refractivity contribution in [1.82, 2.24) is 9.80 Å². The molecule has 0 aliphatic rings. The van der Waals surface area contributed by atoms with Crippen molar-refractivity contribution in [1.29, 1.82) is 0 Å². The summed E-state index contributed by atoms with van der Waals surface area (Å²) in [6, 6.07) is 0. The highest BCUT2D eigenvalue weighted by Crippen LogP contribution is 2.05. The fourth-order valence-electron chi connectivity index (χ4n) is 1.31. The van der Waals surface area contributed by atoms with Crippen LogP contribution in [-0.2, 0) is 0 Å². The zero-order valence-electron chi connectivity index (χ0n) is 10.2. The first-order chi connectivity index (χ1) is 7.84. The van der Waals surface area contributed by atoms with E-state index in [-0.39, 0.29) is 6.10 Å². The van der Waals surface area contributed by atoms with E-state index in [1.54, 1.807) is 4.90 Å². The first kappa shape index (κ1) is 17.4. The van der Waals surface area contributed by atoms with Crippen LogP contribution in [-0.4, -0.2) is 56.8 Å². The highest BCUT2D eigenvalue weighted by molar-refractivity contribution is 8.11. The van der Waals surface area contributed by atoms with Crippen LogP contribution in [0.1, 0.15) is 19.3 Å². The predicted molar refractivity (Wildman–Crippen MR) is 88.3 cm³/mol. The van der Waals surface area contributed by atoms with Crippen molar-refractivity contribution in [2.24, 2.45) is 0 Å². The standard InChI is InChI=1S/C10H20N2OS4/c1-11(9(14)15)6-4-3-5-8(13)7-12(2)10(16)17/h8,13H,3-7H2,1-2H3,(H,14,15)(H,16,17). The van der Waals surface area contributed by atoms with Gasteiger partial charge in [-0.1, -0.05) is 24.4 Å². The molecule has 1 atom stereocenters. The molecule has 1 N–H and O–H groups in total. The van der Waals surface area contributed by atoms with Crippen molar-refractivity contribution in [2.75, 3.05) is 27.2 Å². The maximum Gasteiger partial charge on any atom is 0.133 e. The van der Waals surface area contributed by atoms with Gasteiger partial charge in [-0.05, 0) is 19.3 Å². The van der Waals surface area contributed by atoms with Crippen LogP contribution in [0.15, 0.2) is 0 Å². The molecular formula is C10H20N2OS4. The van der Waals surface area contributed by atoms with E-state index in [1.165, 1.54) is 0 Å². The highest BCUT2D eigenvalue weighted by atomic mass is 32.1. The van der Waals surface area contributed by atoms with E-state index in [4.69, 9.17) is 24.4 Å². The summed E-state index contributed by atoms with van der Waals surface area (Å²) in [5.41, 5.74) is 0. The Morgan fingerprint density at radius 1 is 1.12 bits per heavy atom. The SMILES string of the molecule is CN(CCCCC(O)CN(C)C(=S)S)C(=S)S. The van der Waals surface area contributed by atoms with Crippen LogP contribution in [0.3, 0.4) is 0 Å². The summed E-state index contributed by atoms with van der Waals surface area (Å²) in [6.07, 6.45) is 2.34. The summed E-state index contributed by atoms with van der Waals surface area (Å²) in [5, 5.41) is 9.75. The van der Waals surface area contributed by atoms with Crippen LogP contribution in [0.25, 0.3) is 0 Å². The summed E-state index contributed by atoms with van der Waals surface area (Å²) >= 11 is 17.9. The van der Waals surface area contributed by atoms with E-state index in [0.717, 1.165) is 25.8 Å². The molecule has 0 amide bonds. The molecule has 0 radical (unpaired) electrons. The number of hydrogen-bond donors (Lipinski definition) is 3. The average Bonchev–Trinajstić information content (AvgIpc) is 2.23. The molecule has 0 aromatic carbocycles. The molecule has 0 aromatic rings. The highest BCUT2D eigenvalue weighted by Gasteiger charge is 2.09. The van der Waals surface area contributed by atoms with Crippen molar-refractivity contribution in [3.8, 4) is 0 Å². The van der Waals surface area contributed by atoms with Gasteiger partial charge in [-0.15, -0.1) is 25.3 Å². The quantitative estimate of drug-likeness (QED) is 0.379. The maximum atomic E-state index is 9.75. The average molecular weight is 313 g/mol. The first-order valence-electron chi connectivity index (χ1n) is 5.40. The third kappa shape index (κ3) is 9.07. The lowest BCUT2D eigenvalue weighted by molar-refractivity contribution is 0.138. The van der Waals surface area contributed by atoms with E-state index in [2.05, 4.69) is 25.3 Å². The number of thiocarbonyl (C=S) groups is 2. The Balaban J connectivity index is 3.61. The van der Waals surface area contributed by atoms with E-state index in [0.29, 0.717) is 15.2 Å². The molecule has 100 valence electrons. The Bertz CT molecular complexity index is 263. The van der Waals surface area contributed by atoms with Crippen LogP contribution >= 0.6 is 49.7 Å². The number of aliphatic hydroxyl groups excluding tert-OH is 1. The molecule has 0 aliphatic carbocycles. The Morgan fingerprint density at radius 3 is 2.12 bits per heavy atom. The van der Waals surface area contributed by atoms with Gasteiger partial charge in [0.25, 0.3) is 0 Å². The fourth-order valence-corrected chi connectivity index (χ4v) is 1.66. The van der Waals surface area contributed by atoms with Gasteiger partial charge in [0.05, 0.1) is 6.10 Å². The number of aliphatic hydroxyl groups is 1. The molecule has 0 saturated carbocycles. The third-order valence-electron chi connectivity index (χ3n) is 2.42. The molecular weight excluding hydrogens is 292 g/mol. The lowest BCUT2D eigenvalue weighted by atomic mass is 10.1. The van der Waals surface area contributed by atoms with Gasteiger partial charge >= 0.3 is 0 Å². The molecule has 0 rings (SSSR count). The van der Waals surface area contributed by atoms with Gasteiger partial charge in [-0.2, -0.15) is 0 Å². The minimum Gasteiger partial charge on any atom is -0.391 e. The zero-order valence-corrected chi connectivity index (χ0v) is 13.6. The van der Waals surface area contributed by atoms with Gasteiger partial charge in [0.1, 0.15) is 8.64 Å². The molecule has 17 heavy (non-hydrogen) atoms. The number of rotatable bonds is 7. The molecule has 0 fully saturated rings. The van der Waals surface area contributed by atoms with Gasteiger partial charge in [-0.25, -0.2) is 0 Å². The van der Waals surface area contributed by atoms with E-state index in [9.17, 15) is 5.11 Å². The van der Waals surface area contributed by atoms with E-state index in [1.807, 2.05) is 19.0 Å². The Kier molecular flexibility index (Phi) is 9.62. The number of likely N-dealkylation sites (N-methyl/N-ethyl adjacent to an activating group) is 1. The molecule has 0 spiro atoms. The van der Waals surface area contributed by atoms with E-state index >= 15 is 0 Å². The minimum atomic E-state index is -0.363. The zero-order chi connectivity index (χ0) is 13.4. The van der Waals surface area contributed by atoms with Gasteiger partial charge in [0.2, 0.25) is 0 Å². The smallest absolute Gasteiger partial charge is 0.133 e. The molecule has 0 bridgehead atoms. The summed E-state index contributed by atoms with van der Waals surface area (Å²) in [7, 11) is 3.74. The van der Waals surface area contributed by atoms with Crippen LogP contribution in [0.2, 0.25) is 0 Å². The third-order valence-corrected chi connectivity index (χ3v) is 3.72. The van der Waals surface area contributed by atoms with E-state index < -0.39 is 0 Å². The Labute approximate surface area is 125 Å². The summed E-state index contributed by atoms with van der Waals surface area (Å²) in [4.78, 5) is 3.68. The second kappa shape index (κ2) is 9.38. The van der Waals surface area contributed by atoms with Crippen molar-refractivity contribution in [3.63, 3.8) is 0 Å². The van der Waals surface area contributed by atoms with Crippen LogP contribution in [0.4, 0.5) is 0 Å². The van der Waals surface area contributed by atoms with Gasteiger partial charge in [0.15, 0.2) is 0 Å². The van der Waals surface area contributed by atoms with Gasteiger partial charge in [0, 0.05) is 27.2 Å². The van der Waals surface area contributed by atoms with Crippen molar-refractivity contribution in [3.05, 3.63) is 0 Å². The maximum absolute atomic E-state index is 9.75. The summed E-state index contributed by atoms with van der Waals surface area (Å²) in [6.45, 7) is 1.40. The second-order valence-corrected chi connectivity index (χ2v) is 6.24. The monoisotopic (exact) mass is 312 g/mol. The molecule has 7 heteroatoms. The number of nitrogens with zero attached hydrogens (tertiary/aromatic N) is 2. The van der Waals surface area contributed by atoms with Gasteiger partial charge in [-0.3, -0.25) is 0 Å². The Morgan fingerprint density at radius 2 is 1.65 bits per heavy atom. The molecule has 0 heterocycles. The van der Waals surface area contributed by atoms with Crippen molar-refractivity contribution in [2.45, 2.75) is 25.4 Å². The predicted octanol–water partition coefficient (Wildman–Crippen LogP) is 1.81. The van der Waals surface area contributed by atoms with Crippen LogP contribution in [0.5, 0.6) is 0 Å². The van der Waals surface area contributed by atoms with Crippen molar-refractivity contribution >= 4 is 58.3 Å². The normalized spacial score (nSPS) is 12.1. The fraction of sp³-hybridized carbons (Fsp3) is 0.800. The van der Waals surface area contributed by atoms with Crippen LogP contribution in [0, 0.1) is 0 Å². The summed E-state index contributed by atoms with van der Waals surface area (Å²) < 4.78 is 1.11. The van der Waals surface area contributed by atoms with Crippen molar-refractivity contribution < 1.29 is 5.11 Å². The number of unbranched alkanes of at least 4 members (excludes halogenated alkanes) is 1. The lowest BCUT2D eigenvalue weighted by Crippen LogP contribution is -2.31. The minimum absolute atomic E-state index is 0.363. The van der Waals surface area contributed by atoms with Crippen LogP contribution < -0.4 is 0 Å². The summed E-state index contributed by atoms with van der Waals surface area (Å²) in [5.74, 6) is 0. The largest absolute Gasteiger partial charge is 0.391 e. The Hall–Kier alpha value is 0.440. The molecule has 0 aromatic heterocycles. The number of hydrogen-bond acceptors (Lipinski definition) is 3. The lowest BCUT2D eigenvalue weighted by Gasteiger charge is -2.21. The second-order valence-electron chi connectivity index (χ2n) is 4.02. The molecule has 1 unspecified atom stereocenters. The van der Waals surface area contributed by atoms with Gasteiger partial charge < -0.3 is 14.9 Å².